The van der Waals surface area contributed by atoms with Gasteiger partial charge < -0.3 is 14.8 Å². The van der Waals surface area contributed by atoms with Gasteiger partial charge in [-0.3, -0.25) is 14.9 Å². The lowest BCUT2D eigenvalue weighted by Gasteiger charge is -2.43. The topological polar surface area (TPSA) is 80.4 Å². The van der Waals surface area contributed by atoms with Gasteiger partial charge in [0.05, 0.1) is 4.92 Å². The second-order valence-electron chi connectivity index (χ2n) is 6.84. The van der Waals surface area contributed by atoms with Gasteiger partial charge in [0.25, 0.3) is 11.2 Å². The number of hydrogen-bond donors (Lipinski definition) is 1. The fourth-order valence-electron chi connectivity index (χ4n) is 3.93. The average molecular weight is 370 g/mol. The van der Waals surface area contributed by atoms with E-state index in [0.717, 1.165) is 37.4 Å². The molecule has 2 atom stereocenters. The van der Waals surface area contributed by atoms with Crippen LogP contribution in [0.1, 0.15) is 18.0 Å². The van der Waals surface area contributed by atoms with Gasteiger partial charge in [0.15, 0.2) is 5.11 Å². The van der Waals surface area contributed by atoms with E-state index in [-0.39, 0.29) is 17.2 Å². The van der Waals surface area contributed by atoms with Crippen molar-refractivity contribution >= 4 is 28.7 Å². The Morgan fingerprint density at radius 1 is 1.15 bits per heavy atom. The fourth-order valence-corrected chi connectivity index (χ4v) is 4.20. The lowest BCUT2D eigenvalue weighted by molar-refractivity contribution is -0.384. The second-order valence-corrected chi connectivity index (χ2v) is 7.22. The van der Waals surface area contributed by atoms with E-state index in [1.54, 1.807) is 18.2 Å². The highest BCUT2D eigenvalue weighted by Crippen LogP contribution is 2.35. The summed E-state index contributed by atoms with van der Waals surface area (Å²) in [6.07, 6.45) is 1.07. The number of likely N-dealkylation sites (tertiary alicyclic amines) is 1. The van der Waals surface area contributed by atoms with Gasteiger partial charge in [-0.25, -0.2) is 0 Å². The Labute approximate surface area is 155 Å². The van der Waals surface area contributed by atoms with Crippen LogP contribution in [0.2, 0.25) is 0 Å². The number of non-ortho nitro benzene ring substituents is 1. The molecule has 26 heavy (non-hydrogen) atoms. The lowest BCUT2D eigenvalue weighted by atomic mass is 9.83. The quantitative estimate of drug-likeness (QED) is 0.497. The number of aromatic nitrogens is 1. The summed E-state index contributed by atoms with van der Waals surface area (Å²) < 4.78 is 1.89. The molecule has 134 valence electrons. The number of fused-ring (bicyclic) bond motifs is 4. The van der Waals surface area contributed by atoms with E-state index in [9.17, 15) is 14.9 Å². The number of nitro groups is 1. The van der Waals surface area contributed by atoms with Gasteiger partial charge in [0.2, 0.25) is 0 Å². The summed E-state index contributed by atoms with van der Waals surface area (Å²) in [7, 11) is 0. The maximum absolute atomic E-state index is 12.1. The van der Waals surface area contributed by atoms with Gasteiger partial charge in [-0.15, -0.1) is 0 Å². The molecule has 0 spiro atoms. The van der Waals surface area contributed by atoms with E-state index in [0.29, 0.717) is 11.0 Å². The molecule has 7 nitrogen and oxygen atoms in total. The number of hydrogen-bond acceptors (Lipinski definition) is 4. The van der Waals surface area contributed by atoms with Crippen LogP contribution in [0.25, 0.3) is 0 Å². The van der Waals surface area contributed by atoms with Crippen LogP contribution in [0, 0.1) is 16.0 Å². The molecule has 2 aromatic rings. The number of nitrogens with one attached hydrogen (secondary N) is 1. The van der Waals surface area contributed by atoms with Gasteiger partial charge in [-0.05, 0) is 42.8 Å². The fraction of sp³-hybridized carbons (Fsp3) is 0.333. The molecule has 0 amide bonds. The second kappa shape index (κ2) is 6.53. The lowest BCUT2D eigenvalue weighted by Crippen LogP contribution is -2.50. The Morgan fingerprint density at radius 2 is 1.92 bits per heavy atom. The minimum Gasteiger partial charge on any atom is -0.348 e. The maximum atomic E-state index is 12.1. The summed E-state index contributed by atoms with van der Waals surface area (Å²) in [5, 5.41) is 14.5. The number of piperidine rings is 1. The van der Waals surface area contributed by atoms with E-state index < -0.39 is 4.92 Å². The number of anilines is 1. The van der Waals surface area contributed by atoms with E-state index >= 15 is 0 Å². The van der Waals surface area contributed by atoms with Crippen LogP contribution in [-0.4, -0.2) is 32.6 Å². The number of rotatable bonds is 2. The largest absolute Gasteiger partial charge is 0.348 e. The molecule has 1 aromatic carbocycles. The van der Waals surface area contributed by atoms with Gasteiger partial charge in [0, 0.05) is 55.1 Å². The molecule has 8 heteroatoms. The number of thiocarbonyl (C=S) groups is 1. The van der Waals surface area contributed by atoms with Crippen molar-refractivity contribution in [1.29, 1.82) is 0 Å². The van der Waals surface area contributed by atoms with Crippen molar-refractivity contribution in [3.63, 3.8) is 0 Å². The third-order valence-corrected chi connectivity index (χ3v) is 5.46. The highest BCUT2D eigenvalue weighted by molar-refractivity contribution is 7.80. The molecule has 1 saturated heterocycles. The van der Waals surface area contributed by atoms with Crippen LogP contribution in [0.4, 0.5) is 11.4 Å². The first-order chi connectivity index (χ1) is 12.5. The highest BCUT2D eigenvalue weighted by atomic mass is 32.1. The van der Waals surface area contributed by atoms with E-state index in [1.165, 1.54) is 12.1 Å². The van der Waals surface area contributed by atoms with Crippen molar-refractivity contribution in [2.45, 2.75) is 18.9 Å². The zero-order chi connectivity index (χ0) is 18.3. The van der Waals surface area contributed by atoms with Gasteiger partial charge >= 0.3 is 0 Å². The molecule has 0 radical (unpaired) electrons. The molecule has 2 aliphatic heterocycles. The average Bonchev–Trinajstić information content (AvgIpc) is 2.63. The van der Waals surface area contributed by atoms with Crippen LogP contribution in [-0.2, 0) is 6.54 Å². The van der Waals surface area contributed by atoms with Crippen LogP contribution in [0.15, 0.2) is 47.3 Å². The minimum atomic E-state index is -0.423. The first-order valence-electron chi connectivity index (χ1n) is 8.51. The van der Waals surface area contributed by atoms with Gasteiger partial charge in [-0.1, -0.05) is 6.07 Å². The highest BCUT2D eigenvalue weighted by Gasteiger charge is 2.35. The number of nitro benzene ring substituents is 1. The zero-order valence-corrected chi connectivity index (χ0v) is 14.8. The predicted molar refractivity (Wildman–Crippen MR) is 102 cm³/mol. The summed E-state index contributed by atoms with van der Waals surface area (Å²) in [6, 6.07) is 11.7. The number of nitrogens with zero attached hydrogens (tertiary/aromatic N) is 3. The third kappa shape index (κ3) is 3.08. The normalized spacial score (nSPS) is 21.0. The smallest absolute Gasteiger partial charge is 0.269 e. The monoisotopic (exact) mass is 370 g/mol. The molecule has 1 aromatic heterocycles. The Bertz CT molecular complexity index is 925. The molecule has 4 rings (SSSR count). The number of pyridine rings is 1. The van der Waals surface area contributed by atoms with Gasteiger partial charge in [-0.2, -0.15) is 0 Å². The molecule has 1 N–H and O–H groups in total. The Morgan fingerprint density at radius 3 is 2.65 bits per heavy atom. The summed E-state index contributed by atoms with van der Waals surface area (Å²) in [4.78, 5) is 24.5. The molecular formula is C18H18N4O3S. The molecule has 2 aliphatic rings. The van der Waals surface area contributed by atoms with Crippen LogP contribution in [0.5, 0.6) is 0 Å². The van der Waals surface area contributed by atoms with Gasteiger partial charge in [0.1, 0.15) is 0 Å². The first kappa shape index (κ1) is 16.7. The molecule has 1 fully saturated rings. The van der Waals surface area contributed by atoms with Crippen molar-refractivity contribution in [1.82, 2.24) is 9.47 Å². The Kier molecular flexibility index (Phi) is 4.20. The zero-order valence-electron chi connectivity index (χ0n) is 14.0. The first-order valence-corrected chi connectivity index (χ1v) is 8.92. The summed E-state index contributed by atoms with van der Waals surface area (Å²) >= 11 is 5.56. The molecule has 2 bridgehead atoms. The summed E-state index contributed by atoms with van der Waals surface area (Å²) in [6.45, 7) is 2.29. The molecule has 0 aliphatic carbocycles. The SMILES string of the molecule is O=c1cccc2n1C[C@H]1C[C@H]2CN(C(=S)Nc2ccc([N+](=O)[O-])cc2)C1. The van der Waals surface area contributed by atoms with Crippen molar-refractivity contribution in [2.75, 3.05) is 18.4 Å². The van der Waals surface area contributed by atoms with Crippen LogP contribution < -0.4 is 10.9 Å². The number of benzene rings is 1. The predicted octanol–water partition coefficient (Wildman–Crippen LogP) is 2.57. The van der Waals surface area contributed by atoms with Crippen LogP contribution in [0.3, 0.4) is 0 Å². The van der Waals surface area contributed by atoms with Crippen molar-refractivity contribution in [3.05, 3.63) is 68.6 Å². The maximum Gasteiger partial charge on any atom is 0.269 e. The van der Waals surface area contributed by atoms with E-state index in [4.69, 9.17) is 12.2 Å². The van der Waals surface area contributed by atoms with Crippen molar-refractivity contribution in [2.24, 2.45) is 5.92 Å². The Hall–Kier alpha value is -2.74. The molecular weight excluding hydrogens is 352 g/mol. The molecule has 3 heterocycles. The van der Waals surface area contributed by atoms with E-state index in [2.05, 4.69) is 10.2 Å². The third-order valence-electron chi connectivity index (χ3n) is 5.10. The van der Waals surface area contributed by atoms with Crippen molar-refractivity contribution in [3.8, 4) is 0 Å². The van der Waals surface area contributed by atoms with Crippen LogP contribution >= 0.6 is 12.2 Å². The minimum absolute atomic E-state index is 0.0519. The molecule has 0 saturated carbocycles. The summed E-state index contributed by atoms with van der Waals surface area (Å²) in [5.41, 5.74) is 1.93. The Balaban J connectivity index is 1.49. The standard InChI is InChI=1S/C18H18N4O3S/c23-17-3-1-2-16-13-8-12(10-21(16)17)9-20(11-13)18(26)19-14-4-6-15(7-5-14)22(24)25/h1-7,12-13H,8-11H2,(H,19,26)/t12-,13-/m0/s1. The summed E-state index contributed by atoms with van der Waals surface area (Å²) in [5.74, 6) is 0.672. The molecule has 0 unspecified atom stereocenters. The van der Waals surface area contributed by atoms with E-state index in [1.807, 2.05) is 16.7 Å². The van der Waals surface area contributed by atoms with Crippen molar-refractivity contribution < 1.29 is 4.92 Å².